The maximum Gasteiger partial charge on any atom is 0.157 e. The number of rotatable bonds is 6. The van der Waals surface area contributed by atoms with E-state index in [1.807, 2.05) is 26.0 Å². The molecular formula is C13H21NO4S. The highest BCUT2D eigenvalue weighted by Crippen LogP contribution is 2.21. The summed E-state index contributed by atoms with van der Waals surface area (Å²) in [5.74, 6) is 0.950. The van der Waals surface area contributed by atoms with Crippen molar-refractivity contribution in [1.29, 1.82) is 0 Å². The number of furan rings is 1. The first-order valence-corrected chi connectivity index (χ1v) is 8.32. The molecule has 1 aliphatic rings. The molecule has 1 N–H and O–H groups in total. The smallest absolute Gasteiger partial charge is 0.157 e. The Balaban J connectivity index is 1.82. The largest absolute Gasteiger partial charge is 0.468 e. The Kier molecular flexibility index (Phi) is 4.65. The van der Waals surface area contributed by atoms with Gasteiger partial charge in [0.1, 0.15) is 5.76 Å². The van der Waals surface area contributed by atoms with Crippen LogP contribution >= 0.6 is 0 Å². The van der Waals surface area contributed by atoms with E-state index >= 15 is 0 Å². The Morgan fingerprint density at radius 1 is 1.53 bits per heavy atom. The summed E-state index contributed by atoms with van der Waals surface area (Å²) < 4.78 is 34.9. The summed E-state index contributed by atoms with van der Waals surface area (Å²) in [6.07, 6.45) is 2.03. The number of ether oxygens (including phenoxy) is 1. The lowest BCUT2D eigenvalue weighted by Gasteiger charge is -2.16. The first-order chi connectivity index (χ1) is 9.00. The van der Waals surface area contributed by atoms with Crippen molar-refractivity contribution in [3.05, 3.63) is 24.2 Å². The van der Waals surface area contributed by atoms with Crippen LogP contribution in [0.2, 0.25) is 0 Å². The molecule has 0 radical (unpaired) electrons. The highest BCUT2D eigenvalue weighted by molar-refractivity contribution is 7.92. The van der Waals surface area contributed by atoms with Crippen molar-refractivity contribution < 1.29 is 17.6 Å². The van der Waals surface area contributed by atoms with Crippen molar-refractivity contribution in [3.8, 4) is 0 Å². The quantitative estimate of drug-likeness (QED) is 0.859. The van der Waals surface area contributed by atoms with Crippen molar-refractivity contribution in [2.75, 3.05) is 18.9 Å². The standard InChI is InChI=1S/C13H21NO4S/c1-10(12-4-3-7-18-12)14-6-9-19(15,16)13-5-8-17-11(13)2/h3-4,7,10-11,13-14H,5-6,8-9H2,1-2H3. The Hall–Kier alpha value is -0.850. The van der Waals surface area contributed by atoms with Crippen molar-refractivity contribution in [2.45, 2.75) is 37.7 Å². The van der Waals surface area contributed by atoms with Crippen LogP contribution in [0.15, 0.2) is 22.8 Å². The van der Waals surface area contributed by atoms with E-state index < -0.39 is 9.84 Å². The molecule has 1 aliphatic heterocycles. The third-order valence-corrected chi connectivity index (χ3v) is 5.89. The van der Waals surface area contributed by atoms with Gasteiger partial charge in [-0.3, -0.25) is 0 Å². The molecule has 1 saturated heterocycles. The molecule has 1 aromatic heterocycles. The van der Waals surface area contributed by atoms with E-state index in [-0.39, 0.29) is 23.1 Å². The average Bonchev–Trinajstić information content (AvgIpc) is 2.98. The molecule has 3 unspecified atom stereocenters. The zero-order valence-electron chi connectivity index (χ0n) is 11.3. The topological polar surface area (TPSA) is 68.5 Å². The first kappa shape index (κ1) is 14.6. The van der Waals surface area contributed by atoms with Crippen molar-refractivity contribution in [1.82, 2.24) is 5.32 Å². The summed E-state index contributed by atoms with van der Waals surface area (Å²) in [4.78, 5) is 0. The van der Waals surface area contributed by atoms with Gasteiger partial charge in [0.05, 0.1) is 29.4 Å². The molecule has 0 saturated carbocycles. The SMILES string of the molecule is CC(NCCS(=O)(=O)C1CCOC1C)c1ccco1. The van der Waals surface area contributed by atoms with Gasteiger partial charge in [-0.25, -0.2) is 8.42 Å². The second kappa shape index (κ2) is 6.07. The van der Waals surface area contributed by atoms with Crippen molar-refractivity contribution in [3.63, 3.8) is 0 Å². The molecule has 5 nitrogen and oxygen atoms in total. The first-order valence-electron chi connectivity index (χ1n) is 6.60. The minimum atomic E-state index is -3.09. The second-order valence-electron chi connectivity index (χ2n) is 4.96. The average molecular weight is 287 g/mol. The van der Waals surface area contributed by atoms with Gasteiger partial charge in [-0.15, -0.1) is 0 Å². The molecule has 2 rings (SSSR count). The molecule has 1 fully saturated rings. The molecule has 2 heterocycles. The summed E-state index contributed by atoms with van der Waals surface area (Å²) in [6.45, 7) is 4.75. The van der Waals surface area contributed by atoms with Gasteiger partial charge in [-0.1, -0.05) is 0 Å². The molecule has 1 aromatic rings. The molecule has 6 heteroatoms. The fraction of sp³-hybridized carbons (Fsp3) is 0.692. The van der Waals surface area contributed by atoms with Gasteiger partial charge in [0.25, 0.3) is 0 Å². The normalized spacial score (nSPS) is 25.6. The van der Waals surface area contributed by atoms with Gasteiger partial charge >= 0.3 is 0 Å². The highest BCUT2D eigenvalue weighted by atomic mass is 32.2. The fourth-order valence-electron chi connectivity index (χ4n) is 2.39. The van der Waals surface area contributed by atoms with Crippen LogP contribution in [0.4, 0.5) is 0 Å². The Morgan fingerprint density at radius 3 is 2.89 bits per heavy atom. The number of hydrogen-bond acceptors (Lipinski definition) is 5. The van der Waals surface area contributed by atoms with Crippen molar-refractivity contribution >= 4 is 9.84 Å². The van der Waals surface area contributed by atoms with Crippen LogP contribution in [0.25, 0.3) is 0 Å². The van der Waals surface area contributed by atoms with Gasteiger partial charge in [0, 0.05) is 13.2 Å². The summed E-state index contributed by atoms with van der Waals surface area (Å²) in [5, 5.41) is 2.81. The van der Waals surface area contributed by atoms with E-state index in [0.717, 1.165) is 5.76 Å². The molecule has 0 spiro atoms. The van der Waals surface area contributed by atoms with Gasteiger partial charge in [0.2, 0.25) is 0 Å². The highest BCUT2D eigenvalue weighted by Gasteiger charge is 2.35. The van der Waals surface area contributed by atoms with Crippen LogP contribution in [-0.4, -0.2) is 38.7 Å². The molecule has 3 atom stereocenters. The zero-order valence-corrected chi connectivity index (χ0v) is 12.2. The lowest BCUT2D eigenvalue weighted by Crippen LogP contribution is -2.34. The molecule has 19 heavy (non-hydrogen) atoms. The van der Waals surface area contributed by atoms with E-state index in [1.165, 1.54) is 0 Å². The third kappa shape index (κ3) is 3.58. The van der Waals surface area contributed by atoms with Gasteiger partial charge in [-0.05, 0) is 32.4 Å². The maximum atomic E-state index is 12.2. The minimum absolute atomic E-state index is 0.0162. The Bertz CT molecular complexity index is 483. The van der Waals surface area contributed by atoms with Crippen LogP contribution in [0.1, 0.15) is 32.1 Å². The van der Waals surface area contributed by atoms with Crippen molar-refractivity contribution in [2.24, 2.45) is 0 Å². The summed E-state index contributed by atoms with van der Waals surface area (Å²) in [6, 6.07) is 3.71. The van der Waals surface area contributed by atoms with Gasteiger partial charge in [-0.2, -0.15) is 0 Å². The number of hydrogen-bond donors (Lipinski definition) is 1. The maximum absolute atomic E-state index is 12.2. The van der Waals surface area contributed by atoms with Crippen LogP contribution in [0, 0.1) is 0 Å². The molecule has 0 aromatic carbocycles. The van der Waals surface area contributed by atoms with E-state index in [0.29, 0.717) is 19.6 Å². The van der Waals surface area contributed by atoms with Gasteiger partial charge in [0.15, 0.2) is 9.84 Å². The predicted molar refractivity (Wildman–Crippen MR) is 72.7 cm³/mol. The summed E-state index contributed by atoms with van der Waals surface area (Å²) in [5.41, 5.74) is 0. The monoisotopic (exact) mass is 287 g/mol. The Morgan fingerprint density at radius 2 is 2.32 bits per heavy atom. The number of nitrogens with one attached hydrogen (secondary N) is 1. The van der Waals surface area contributed by atoms with E-state index in [1.54, 1.807) is 6.26 Å². The van der Waals surface area contributed by atoms with E-state index in [2.05, 4.69) is 5.32 Å². The van der Waals surface area contributed by atoms with E-state index in [9.17, 15) is 8.42 Å². The molecule has 0 bridgehead atoms. The zero-order chi connectivity index (χ0) is 13.9. The summed E-state index contributed by atoms with van der Waals surface area (Å²) in [7, 11) is -3.09. The molecular weight excluding hydrogens is 266 g/mol. The van der Waals surface area contributed by atoms with E-state index in [4.69, 9.17) is 9.15 Å². The minimum Gasteiger partial charge on any atom is -0.468 e. The van der Waals surface area contributed by atoms with Crippen LogP contribution < -0.4 is 5.32 Å². The molecule has 108 valence electrons. The van der Waals surface area contributed by atoms with Crippen LogP contribution in [0.3, 0.4) is 0 Å². The molecule has 0 amide bonds. The number of sulfone groups is 1. The predicted octanol–water partition coefficient (Wildman–Crippen LogP) is 1.52. The van der Waals surface area contributed by atoms with Crippen LogP contribution in [-0.2, 0) is 14.6 Å². The van der Waals surface area contributed by atoms with Crippen LogP contribution in [0.5, 0.6) is 0 Å². The van der Waals surface area contributed by atoms with Gasteiger partial charge < -0.3 is 14.5 Å². The molecule has 0 aliphatic carbocycles. The Labute approximate surface area is 114 Å². The lowest BCUT2D eigenvalue weighted by atomic mass is 10.2. The lowest BCUT2D eigenvalue weighted by molar-refractivity contribution is 0.126. The fourth-order valence-corrected chi connectivity index (χ4v) is 4.21. The second-order valence-corrected chi connectivity index (χ2v) is 7.30. The third-order valence-electron chi connectivity index (χ3n) is 3.58. The summed E-state index contributed by atoms with van der Waals surface area (Å²) >= 11 is 0.